The van der Waals surface area contributed by atoms with Gasteiger partial charge in [0.2, 0.25) is 5.88 Å². The third-order valence-electron chi connectivity index (χ3n) is 5.33. The number of nitriles is 1. The van der Waals surface area contributed by atoms with Crippen molar-refractivity contribution in [3.8, 4) is 23.2 Å². The molecule has 1 atom stereocenters. The highest BCUT2D eigenvalue weighted by molar-refractivity contribution is 5.84. The maximum atomic E-state index is 12.6. The second-order valence-electron chi connectivity index (χ2n) is 7.32. The molecule has 1 aromatic carbocycles. The number of hydrogen-bond acceptors (Lipinski definition) is 6. The standard InChI is InChI=1S/C24H23N3O4/c1-3-4-20(16(2)13-25)17-5-6-21-18(11-17)7-8-27-22(21)12-23(26-24(27)28)31-15-19-14-29-9-10-30-19/h3-6,11-12,19H,1-2,7-10,14-15H2/b20-4+. The van der Waals surface area contributed by atoms with Crippen LogP contribution >= 0.6 is 0 Å². The van der Waals surface area contributed by atoms with Gasteiger partial charge in [0, 0.05) is 18.2 Å². The molecule has 0 amide bonds. The van der Waals surface area contributed by atoms with Gasteiger partial charge in [0.05, 0.1) is 37.2 Å². The molecule has 2 aliphatic heterocycles. The second-order valence-corrected chi connectivity index (χ2v) is 7.32. The molecule has 1 fully saturated rings. The Labute approximate surface area is 180 Å². The molecule has 0 spiro atoms. The first-order valence-corrected chi connectivity index (χ1v) is 10.1. The Hall–Kier alpha value is -3.47. The first-order chi connectivity index (χ1) is 15.1. The summed E-state index contributed by atoms with van der Waals surface area (Å²) < 4.78 is 18.4. The quantitative estimate of drug-likeness (QED) is 0.531. The lowest BCUT2D eigenvalue weighted by molar-refractivity contribution is -0.102. The van der Waals surface area contributed by atoms with Gasteiger partial charge >= 0.3 is 5.69 Å². The molecular formula is C24H23N3O4. The minimum atomic E-state index is -0.340. The summed E-state index contributed by atoms with van der Waals surface area (Å²) in [6.07, 6.45) is 3.93. The van der Waals surface area contributed by atoms with Gasteiger partial charge in [-0.05, 0) is 23.1 Å². The summed E-state index contributed by atoms with van der Waals surface area (Å²) in [7, 11) is 0. The topological polar surface area (TPSA) is 86.4 Å². The van der Waals surface area contributed by atoms with Crippen molar-refractivity contribution < 1.29 is 14.2 Å². The van der Waals surface area contributed by atoms with Crippen LogP contribution in [0.2, 0.25) is 0 Å². The number of nitrogens with zero attached hydrogens (tertiary/aromatic N) is 3. The van der Waals surface area contributed by atoms with E-state index in [4.69, 9.17) is 14.2 Å². The molecule has 1 unspecified atom stereocenters. The molecule has 0 N–H and O–H groups in total. The van der Waals surface area contributed by atoms with Crippen molar-refractivity contribution in [2.75, 3.05) is 26.4 Å². The lowest BCUT2D eigenvalue weighted by Gasteiger charge is -2.24. The van der Waals surface area contributed by atoms with Crippen molar-refractivity contribution in [1.29, 1.82) is 5.26 Å². The monoisotopic (exact) mass is 417 g/mol. The molecule has 1 aromatic heterocycles. The number of hydrogen-bond donors (Lipinski definition) is 0. The zero-order valence-corrected chi connectivity index (χ0v) is 17.2. The van der Waals surface area contributed by atoms with Crippen molar-refractivity contribution >= 4 is 5.57 Å². The number of rotatable bonds is 6. The van der Waals surface area contributed by atoms with Gasteiger partial charge in [0.1, 0.15) is 12.7 Å². The third kappa shape index (κ3) is 4.36. The molecule has 2 aliphatic rings. The molecule has 7 nitrogen and oxygen atoms in total. The smallest absolute Gasteiger partial charge is 0.351 e. The average Bonchev–Trinajstić information content (AvgIpc) is 2.81. The summed E-state index contributed by atoms with van der Waals surface area (Å²) in [4.78, 5) is 16.7. The van der Waals surface area contributed by atoms with Gasteiger partial charge in [-0.15, -0.1) is 0 Å². The van der Waals surface area contributed by atoms with Crippen LogP contribution in [-0.4, -0.2) is 42.1 Å². The number of aromatic nitrogens is 2. The number of fused-ring (bicyclic) bond motifs is 3. The minimum Gasteiger partial charge on any atom is -0.475 e. The zero-order chi connectivity index (χ0) is 21.8. The SMILES string of the molecule is C=C/C=C(\C(=C)C#N)c1ccc2c(c1)CCn1c-2cc(OCC2COCCO2)nc1=O. The van der Waals surface area contributed by atoms with Crippen LogP contribution in [0.3, 0.4) is 0 Å². The van der Waals surface area contributed by atoms with E-state index in [-0.39, 0.29) is 24.3 Å². The average molecular weight is 417 g/mol. The Balaban J connectivity index is 1.65. The largest absolute Gasteiger partial charge is 0.475 e. The molecular weight excluding hydrogens is 394 g/mol. The van der Waals surface area contributed by atoms with E-state index in [1.165, 1.54) is 0 Å². The van der Waals surface area contributed by atoms with E-state index in [9.17, 15) is 10.1 Å². The summed E-state index contributed by atoms with van der Waals surface area (Å²) in [5.74, 6) is 0.271. The molecule has 3 heterocycles. The predicted octanol–water partition coefficient (Wildman–Crippen LogP) is 2.91. The molecule has 1 saturated heterocycles. The molecule has 0 saturated carbocycles. The zero-order valence-electron chi connectivity index (χ0n) is 17.2. The summed E-state index contributed by atoms with van der Waals surface area (Å²) in [5.41, 5.74) is 4.44. The first kappa shape index (κ1) is 20.8. The molecule has 0 bridgehead atoms. The summed E-state index contributed by atoms with van der Waals surface area (Å²) >= 11 is 0. The van der Waals surface area contributed by atoms with Crippen LogP contribution < -0.4 is 10.4 Å². The van der Waals surface area contributed by atoms with E-state index in [1.54, 1.807) is 22.8 Å². The predicted molar refractivity (Wildman–Crippen MR) is 117 cm³/mol. The Morgan fingerprint density at radius 3 is 3.00 bits per heavy atom. The van der Waals surface area contributed by atoms with E-state index >= 15 is 0 Å². The van der Waals surface area contributed by atoms with Gasteiger partial charge in [-0.2, -0.15) is 10.2 Å². The normalized spacial score (nSPS) is 17.8. The molecule has 7 heteroatoms. The Morgan fingerprint density at radius 1 is 1.39 bits per heavy atom. The van der Waals surface area contributed by atoms with E-state index < -0.39 is 0 Å². The lowest BCUT2D eigenvalue weighted by atomic mass is 9.91. The third-order valence-corrected chi connectivity index (χ3v) is 5.33. The van der Waals surface area contributed by atoms with Crippen molar-refractivity contribution in [3.63, 3.8) is 0 Å². The molecule has 31 heavy (non-hydrogen) atoms. The van der Waals surface area contributed by atoms with Crippen LogP contribution in [0.4, 0.5) is 0 Å². The number of allylic oxidation sites excluding steroid dienone is 4. The van der Waals surface area contributed by atoms with E-state index in [2.05, 4.69) is 24.2 Å². The molecule has 0 radical (unpaired) electrons. The fraction of sp³-hybridized carbons (Fsp3) is 0.292. The van der Waals surface area contributed by atoms with E-state index in [0.29, 0.717) is 38.4 Å². The Kier molecular flexibility index (Phi) is 6.12. The van der Waals surface area contributed by atoms with Gasteiger partial charge in [-0.25, -0.2) is 4.79 Å². The highest BCUT2D eigenvalue weighted by Crippen LogP contribution is 2.33. The molecule has 2 aromatic rings. The van der Waals surface area contributed by atoms with Gasteiger partial charge in [0.25, 0.3) is 0 Å². The number of benzene rings is 1. The Bertz CT molecular complexity index is 1150. The maximum Gasteiger partial charge on any atom is 0.351 e. The van der Waals surface area contributed by atoms with Crippen LogP contribution in [0.5, 0.6) is 5.88 Å². The van der Waals surface area contributed by atoms with Crippen LogP contribution in [-0.2, 0) is 22.4 Å². The van der Waals surface area contributed by atoms with E-state index in [1.807, 2.05) is 18.2 Å². The lowest BCUT2D eigenvalue weighted by Crippen LogP contribution is -2.34. The number of aryl methyl sites for hydroxylation is 1. The van der Waals surface area contributed by atoms with Crippen molar-refractivity contribution in [2.24, 2.45) is 0 Å². The highest BCUT2D eigenvalue weighted by Gasteiger charge is 2.21. The summed E-state index contributed by atoms with van der Waals surface area (Å²) in [6, 6.07) is 9.80. The molecule has 4 rings (SSSR count). The highest BCUT2D eigenvalue weighted by atomic mass is 16.6. The first-order valence-electron chi connectivity index (χ1n) is 10.1. The van der Waals surface area contributed by atoms with Crippen molar-refractivity contribution in [1.82, 2.24) is 9.55 Å². The fourth-order valence-corrected chi connectivity index (χ4v) is 3.81. The molecule has 158 valence electrons. The minimum absolute atomic E-state index is 0.174. The van der Waals surface area contributed by atoms with Crippen LogP contribution in [0.25, 0.3) is 16.8 Å². The van der Waals surface area contributed by atoms with Gasteiger partial charge in [-0.3, -0.25) is 4.57 Å². The summed E-state index contributed by atoms with van der Waals surface area (Å²) in [5, 5.41) is 9.27. The van der Waals surface area contributed by atoms with Gasteiger partial charge < -0.3 is 14.2 Å². The molecule has 0 aliphatic carbocycles. The summed E-state index contributed by atoms with van der Waals surface area (Å²) in [6.45, 7) is 9.93. The van der Waals surface area contributed by atoms with Crippen molar-refractivity contribution in [3.05, 3.63) is 76.8 Å². The number of ether oxygens (including phenoxy) is 3. The van der Waals surface area contributed by atoms with Gasteiger partial charge in [0.15, 0.2) is 0 Å². The van der Waals surface area contributed by atoms with Crippen molar-refractivity contribution in [2.45, 2.75) is 19.1 Å². The van der Waals surface area contributed by atoms with Crippen LogP contribution in [0.15, 0.2) is 59.9 Å². The van der Waals surface area contributed by atoms with Gasteiger partial charge in [-0.1, -0.05) is 43.5 Å². The Morgan fingerprint density at radius 2 is 2.26 bits per heavy atom. The van der Waals surface area contributed by atoms with E-state index in [0.717, 1.165) is 28.0 Å². The maximum absolute atomic E-state index is 12.6. The second kappa shape index (κ2) is 9.13. The van der Waals surface area contributed by atoms with Crippen LogP contribution in [0, 0.1) is 11.3 Å². The van der Waals surface area contributed by atoms with Crippen LogP contribution in [0.1, 0.15) is 11.1 Å². The fourth-order valence-electron chi connectivity index (χ4n) is 3.81.